The second-order valence-electron chi connectivity index (χ2n) is 13.3. The highest BCUT2D eigenvalue weighted by molar-refractivity contribution is 6.04. The first kappa shape index (κ1) is 37.4. The number of aromatic nitrogens is 6. The number of nitrogens with zero attached hydrogens (tertiary/aromatic N) is 7. The highest BCUT2D eigenvalue weighted by Crippen LogP contribution is 2.43. The maximum atomic E-state index is 13.4. The van der Waals surface area contributed by atoms with Gasteiger partial charge in [0.15, 0.2) is 17.3 Å². The number of aryl methyl sites for hydroxylation is 1. The molecule has 0 fully saturated rings. The number of carbonyl (C=O) groups is 2. The van der Waals surface area contributed by atoms with Gasteiger partial charge in [-0.15, -0.1) is 5.10 Å². The van der Waals surface area contributed by atoms with E-state index in [1.807, 2.05) is 101 Å². The number of amides is 1. The van der Waals surface area contributed by atoms with Crippen LogP contribution in [0.3, 0.4) is 0 Å². The van der Waals surface area contributed by atoms with E-state index in [2.05, 4.69) is 66.4 Å². The second-order valence-corrected chi connectivity index (χ2v) is 13.3. The minimum Gasteiger partial charge on any atom is -0.461 e. The highest BCUT2D eigenvalue weighted by Gasteiger charge is 2.42. The summed E-state index contributed by atoms with van der Waals surface area (Å²) in [6, 6.07) is 47.4. The van der Waals surface area contributed by atoms with Crippen LogP contribution in [0.5, 0.6) is 0 Å². The number of anilines is 1. The van der Waals surface area contributed by atoms with E-state index in [4.69, 9.17) is 20.0 Å². The van der Waals surface area contributed by atoms with Crippen LogP contribution in [-0.4, -0.2) is 55.3 Å². The van der Waals surface area contributed by atoms with Crippen LogP contribution >= 0.6 is 0 Å². The number of tetrazole rings is 1. The Morgan fingerprint density at radius 1 is 0.768 bits per heavy atom. The Morgan fingerprint density at radius 2 is 1.32 bits per heavy atom. The molecule has 0 unspecified atom stereocenters. The number of ether oxygens (including phenoxy) is 1. The van der Waals surface area contributed by atoms with Gasteiger partial charge in [-0.1, -0.05) is 153 Å². The zero-order chi connectivity index (χ0) is 39.1. The third-order valence-electron chi connectivity index (χ3n) is 9.93. The molecule has 10 nitrogen and oxygen atoms in total. The third kappa shape index (κ3) is 6.93. The van der Waals surface area contributed by atoms with E-state index in [1.165, 1.54) is 11.0 Å². The van der Waals surface area contributed by atoms with E-state index >= 15 is 0 Å². The molecule has 2 aromatic heterocycles. The molecule has 0 atom stereocenters. The molecule has 7 rings (SSSR count). The summed E-state index contributed by atoms with van der Waals surface area (Å²) in [4.78, 5) is 32.2. The smallest absolute Gasteiger partial charge is 0.358 e. The number of hydrogen-bond donors (Lipinski definition) is 0. The van der Waals surface area contributed by atoms with Crippen LogP contribution in [0.4, 0.5) is 5.82 Å². The normalized spacial score (nSPS) is 11.3. The number of rotatable bonds is 14. The molecule has 10 heteroatoms. The second kappa shape index (κ2) is 16.6. The number of esters is 1. The van der Waals surface area contributed by atoms with Crippen molar-refractivity contribution in [3.8, 4) is 22.5 Å². The number of likely N-dealkylation sites (N-methyl/N-ethyl adjacent to an activating group) is 1. The molecule has 0 saturated heterocycles. The molecule has 7 aromatic rings. The predicted molar refractivity (Wildman–Crippen MR) is 218 cm³/mol. The molecule has 2 heterocycles. The lowest BCUT2D eigenvalue weighted by Crippen LogP contribution is -2.39. The Hall–Kier alpha value is -6.94. The summed E-state index contributed by atoms with van der Waals surface area (Å²) in [7, 11) is 1.58. The van der Waals surface area contributed by atoms with Gasteiger partial charge >= 0.3 is 5.97 Å². The summed E-state index contributed by atoms with van der Waals surface area (Å²) < 4.78 is 9.26. The Labute approximate surface area is 326 Å². The predicted octanol–water partition coefficient (Wildman–Crippen LogP) is 8.37. The standard InChI is InChI=1S/C46H43N7O3/c1-5-19-40-47-44(51(4)41(54)6-2)42(45(55)56-7-3)52(40)32-33-28-30-34(31-29-33)38-26-17-18-27-39(38)43-48-49-50-53(43)46(35-20-11-8-12-21-35,36-22-13-9-14-23-36)37-24-15-10-16-25-37/h6,8-18,20-31H,2,5,7,19,32H2,1,3-4H3. The Kier molecular flexibility index (Phi) is 11.1. The van der Waals surface area contributed by atoms with Crippen LogP contribution in [0.25, 0.3) is 22.5 Å². The largest absolute Gasteiger partial charge is 0.461 e. The first-order valence-corrected chi connectivity index (χ1v) is 18.7. The van der Waals surface area contributed by atoms with Gasteiger partial charge in [0.1, 0.15) is 11.4 Å². The fourth-order valence-electron chi connectivity index (χ4n) is 7.33. The molecule has 0 radical (unpaired) electrons. The molecule has 0 bridgehead atoms. The number of imidazole rings is 1. The molecule has 0 aliphatic rings. The van der Waals surface area contributed by atoms with Crippen LogP contribution < -0.4 is 4.90 Å². The van der Waals surface area contributed by atoms with E-state index in [0.29, 0.717) is 24.6 Å². The van der Waals surface area contributed by atoms with Crippen LogP contribution in [0, 0.1) is 0 Å². The molecule has 0 aliphatic carbocycles. The van der Waals surface area contributed by atoms with Crippen LogP contribution in [0.1, 0.15) is 58.8 Å². The van der Waals surface area contributed by atoms with Gasteiger partial charge in [0.2, 0.25) is 0 Å². The molecule has 1 amide bonds. The molecular weight excluding hydrogens is 699 g/mol. The SMILES string of the molecule is C=CC(=O)N(C)c1nc(CCC)n(Cc2ccc(-c3ccccc3-c3nnnn3C(c3ccccc3)(c3ccccc3)c3ccccc3)cc2)c1C(=O)OCC. The van der Waals surface area contributed by atoms with Crippen molar-refractivity contribution in [3.63, 3.8) is 0 Å². The monoisotopic (exact) mass is 741 g/mol. The van der Waals surface area contributed by atoms with Gasteiger partial charge in [-0.2, -0.15) is 0 Å². The molecule has 56 heavy (non-hydrogen) atoms. The molecular formula is C46H43N7O3. The maximum Gasteiger partial charge on any atom is 0.358 e. The van der Waals surface area contributed by atoms with Crippen molar-refractivity contribution < 1.29 is 14.3 Å². The van der Waals surface area contributed by atoms with Gasteiger partial charge in [-0.05, 0) is 63.2 Å². The summed E-state index contributed by atoms with van der Waals surface area (Å²) in [6.07, 6.45) is 2.61. The van der Waals surface area contributed by atoms with Gasteiger partial charge in [-0.25, -0.2) is 14.5 Å². The fraction of sp³-hybridized carbons (Fsp3) is 0.174. The van der Waals surface area contributed by atoms with Crippen molar-refractivity contribution in [2.24, 2.45) is 0 Å². The first-order valence-electron chi connectivity index (χ1n) is 18.7. The molecule has 280 valence electrons. The topological polar surface area (TPSA) is 108 Å². The van der Waals surface area contributed by atoms with Gasteiger partial charge in [0.05, 0.1) is 6.61 Å². The van der Waals surface area contributed by atoms with Gasteiger partial charge in [0, 0.05) is 25.6 Å². The van der Waals surface area contributed by atoms with Crippen molar-refractivity contribution >= 4 is 17.7 Å². The summed E-state index contributed by atoms with van der Waals surface area (Å²) >= 11 is 0. The minimum atomic E-state index is -0.902. The average molecular weight is 742 g/mol. The summed E-state index contributed by atoms with van der Waals surface area (Å²) in [6.45, 7) is 7.95. The van der Waals surface area contributed by atoms with E-state index in [1.54, 1.807) is 14.0 Å². The van der Waals surface area contributed by atoms with Crippen molar-refractivity contribution in [2.45, 2.75) is 38.8 Å². The lowest BCUT2D eigenvalue weighted by Gasteiger charge is -2.36. The van der Waals surface area contributed by atoms with E-state index in [-0.39, 0.29) is 24.0 Å². The molecule has 0 N–H and O–H groups in total. The quantitative estimate of drug-likeness (QED) is 0.0626. The van der Waals surface area contributed by atoms with Gasteiger partial charge in [0.25, 0.3) is 5.91 Å². The van der Waals surface area contributed by atoms with Crippen LogP contribution in [0.15, 0.2) is 152 Å². The minimum absolute atomic E-state index is 0.187. The van der Waals surface area contributed by atoms with Crippen molar-refractivity contribution in [3.05, 3.63) is 186 Å². The van der Waals surface area contributed by atoms with Crippen LogP contribution in [-0.2, 0) is 28.0 Å². The summed E-state index contributed by atoms with van der Waals surface area (Å²) in [5, 5.41) is 13.8. The van der Waals surface area contributed by atoms with Crippen molar-refractivity contribution in [2.75, 3.05) is 18.6 Å². The van der Waals surface area contributed by atoms with Gasteiger partial charge < -0.3 is 9.30 Å². The van der Waals surface area contributed by atoms with Crippen molar-refractivity contribution in [1.29, 1.82) is 0 Å². The van der Waals surface area contributed by atoms with E-state index in [0.717, 1.165) is 45.4 Å². The molecule has 0 spiro atoms. The number of benzene rings is 5. The van der Waals surface area contributed by atoms with E-state index in [9.17, 15) is 9.59 Å². The molecule has 0 aliphatic heterocycles. The van der Waals surface area contributed by atoms with Crippen LogP contribution in [0.2, 0.25) is 0 Å². The van der Waals surface area contributed by atoms with Crippen molar-refractivity contribution in [1.82, 2.24) is 29.8 Å². The summed E-state index contributed by atoms with van der Waals surface area (Å²) in [5.41, 5.74) is 6.09. The lowest BCUT2D eigenvalue weighted by molar-refractivity contribution is -0.113. The Bertz CT molecular complexity index is 2340. The lowest BCUT2D eigenvalue weighted by atomic mass is 9.77. The molecule has 5 aromatic carbocycles. The Morgan fingerprint density at radius 3 is 1.86 bits per heavy atom. The summed E-state index contributed by atoms with van der Waals surface area (Å²) in [5.74, 6) is 0.633. The highest BCUT2D eigenvalue weighted by atomic mass is 16.5. The number of carbonyl (C=O) groups excluding carboxylic acids is 2. The Balaban J connectivity index is 1.33. The zero-order valence-electron chi connectivity index (χ0n) is 31.7. The fourth-order valence-corrected chi connectivity index (χ4v) is 7.33. The van der Waals surface area contributed by atoms with E-state index < -0.39 is 11.5 Å². The maximum absolute atomic E-state index is 13.4. The third-order valence-corrected chi connectivity index (χ3v) is 9.93. The number of hydrogen-bond acceptors (Lipinski definition) is 7. The zero-order valence-corrected chi connectivity index (χ0v) is 31.7. The first-order chi connectivity index (χ1) is 27.4. The average Bonchev–Trinajstić information content (AvgIpc) is 3.88. The molecule has 0 saturated carbocycles. The van der Waals surface area contributed by atoms with Gasteiger partial charge in [-0.3, -0.25) is 9.69 Å².